The molecular weight excluding hydrogens is 302 g/mol. The molecule has 1 aromatic carbocycles. The normalized spacial score (nSPS) is 10.6. The van der Waals surface area contributed by atoms with Crippen molar-refractivity contribution in [3.63, 3.8) is 0 Å². The lowest BCUT2D eigenvalue weighted by Crippen LogP contribution is -2.18. The van der Waals surface area contributed by atoms with E-state index in [9.17, 15) is 9.59 Å². The minimum atomic E-state index is -0.413. The number of rotatable bonds is 4. The molecule has 2 heterocycles. The summed E-state index contributed by atoms with van der Waals surface area (Å²) in [5.74, 6) is -0.615. The SMILES string of the molecule is COC(=O)c1ccc(NC(=O)Cn2ncc3ccccc32)s1. The maximum atomic E-state index is 12.1. The fourth-order valence-corrected chi connectivity index (χ4v) is 2.92. The Labute approximate surface area is 130 Å². The third-order valence-electron chi connectivity index (χ3n) is 3.10. The molecule has 0 fully saturated rings. The van der Waals surface area contributed by atoms with E-state index in [-0.39, 0.29) is 12.5 Å². The molecule has 0 saturated carbocycles. The van der Waals surface area contributed by atoms with Crippen molar-refractivity contribution in [2.24, 2.45) is 0 Å². The lowest BCUT2D eigenvalue weighted by atomic mass is 10.2. The zero-order chi connectivity index (χ0) is 15.5. The van der Waals surface area contributed by atoms with E-state index in [1.54, 1.807) is 23.0 Å². The molecule has 0 saturated heterocycles. The Morgan fingerprint density at radius 2 is 2.09 bits per heavy atom. The van der Waals surface area contributed by atoms with Gasteiger partial charge in [-0.25, -0.2) is 4.79 Å². The number of benzene rings is 1. The molecule has 0 aliphatic carbocycles. The number of amides is 1. The van der Waals surface area contributed by atoms with Crippen LogP contribution in [-0.2, 0) is 16.1 Å². The third-order valence-corrected chi connectivity index (χ3v) is 4.08. The Morgan fingerprint density at radius 1 is 1.27 bits per heavy atom. The van der Waals surface area contributed by atoms with Gasteiger partial charge in [-0.15, -0.1) is 11.3 Å². The molecule has 0 bridgehead atoms. The Balaban J connectivity index is 1.70. The van der Waals surface area contributed by atoms with E-state index in [1.807, 2.05) is 24.3 Å². The third kappa shape index (κ3) is 2.84. The smallest absolute Gasteiger partial charge is 0.348 e. The van der Waals surface area contributed by atoms with E-state index in [0.29, 0.717) is 9.88 Å². The van der Waals surface area contributed by atoms with Gasteiger partial charge >= 0.3 is 5.97 Å². The van der Waals surface area contributed by atoms with Crippen molar-refractivity contribution in [3.05, 3.63) is 47.5 Å². The van der Waals surface area contributed by atoms with Gasteiger partial charge < -0.3 is 10.1 Å². The number of thiophene rings is 1. The largest absolute Gasteiger partial charge is 0.465 e. The summed E-state index contributed by atoms with van der Waals surface area (Å²) in [5.41, 5.74) is 0.902. The highest BCUT2D eigenvalue weighted by molar-refractivity contribution is 7.18. The van der Waals surface area contributed by atoms with Gasteiger partial charge in [0.05, 0.1) is 23.8 Å². The topological polar surface area (TPSA) is 73.2 Å². The number of carbonyl (C=O) groups excluding carboxylic acids is 2. The summed E-state index contributed by atoms with van der Waals surface area (Å²) in [6, 6.07) is 11.0. The van der Waals surface area contributed by atoms with Crippen molar-refractivity contribution in [3.8, 4) is 0 Å². The lowest BCUT2D eigenvalue weighted by molar-refractivity contribution is -0.116. The number of fused-ring (bicyclic) bond motifs is 1. The summed E-state index contributed by atoms with van der Waals surface area (Å²) in [4.78, 5) is 23.9. The van der Waals surface area contributed by atoms with Crippen LogP contribution in [0.2, 0.25) is 0 Å². The average Bonchev–Trinajstić information content (AvgIpc) is 3.14. The van der Waals surface area contributed by atoms with Gasteiger partial charge in [-0.1, -0.05) is 18.2 Å². The number of carbonyl (C=O) groups is 2. The van der Waals surface area contributed by atoms with E-state index in [0.717, 1.165) is 10.9 Å². The van der Waals surface area contributed by atoms with Crippen LogP contribution in [0.15, 0.2) is 42.6 Å². The maximum absolute atomic E-state index is 12.1. The van der Waals surface area contributed by atoms with Crippen LogP contribution in [0.5, 0.6) is 0 Å². The van der Waals surface area contributed by atoms with Crippen molar-refractivity contribution in [2.75, 3.05) is 12.4 Å². The van der Waals surface area contributed by atoms with Crippen LogP contribution in [-0.4, -0.2) is 28.8 Å². The van der Waals surface area contributed by atoms with Gasteiger partial charge in [0, 0.05) is 5.39 Å². The van der Waals surface area contributed by atoms with Gasteiger partial charge in [-0.2, -0.15) is 5.10 Å². The van der Waals surface area contributed by atoms with Crippen LogP contribution < -0.4 is 5.32 Å². The van der Waals surface area contributed by atoms with Gasteiger partial charge in [-0.3, -0.25) is 9.48 Å². The van der Waals surface area contributed by atoms with Crippen LogP contribution in [0.4, 0.5) is 5.00 Å². The molecular formula is C15H13N3O3S. The van der Waals surface area contributed by atoms with Crippen LogP contribution in [0, 0.1) is 0 Å². The quantitative estimate of drug-likeness (QED) is 0.751. The molecule has 112 valence electrons. The molecule has 0 radical (unpaired) electrons. The van der Waals surface area contributed by atoms with E-state index in [1.165, 1.54) is 18.4 Å². The molecule has 2 aromatic heterocycles. The number of nitrogens with one attached hydrogen (secondary N) is 1. The predicted molar refractivity (Wildman–Crippen MR) is 84.0 cm³/mol. The van der Waals surface area contributed by atoms with Crippen molar-refractivity contribution in [1.29, 1.82) is 0 Å². The van der Waals surface area contributed by atoms with Gasteiger partial charge in [-0.05, 0) is 18.2 Å². The van der Waals surface area contributed by atoms with Crippen LogP contribution in [0.3, 0.4) is 0 Å². The summed E-state index contributed by atoms with van der Waals surface area (Å²) < 4.78 is 6.27. The molecule has 0 unspecified atom stereocenters. The zero-order valence-electron chi connectivity index (χ0n) is 11.8. The number of aromatic nitrogens is 2. The van der Waals surface area contributed by atoms with Gasteiger partial charge in [0.1, 0.15) is 11.4 Å². The molecule has 22 heavy (non-hydrogen) atoms. The molecule has 3 rings (SSSR count). The molecule has 3 aromatic rings. The van der Waals surface area contributed by atoms with Crippen molar-refractivity contribution in [1.82, 2.24) is 9.78 Å². The number of esters is 1. The molecule has 0 spiro atoms. The molecule has 0 aliphatic heterocycles. The first-order valence-electron chi connectivity index (χ1n) is 6.56. The summed E-state index contributed by atoms with van der Waals surface area (Å²) in [7, 11) is 1.32. The minimum absolute atomic E-state index is 0.110. The molecule has 0 atom stereocenters. The summed E-state index contributed by atoms with van der Waals surface area (Å²) in [5, 5.41) is 8.55. The Morgan fingerprint density at radius 3 is 2.91 bits per heavy atom. The highest BCUT2D eigenvalue weighted by Crippen LogP contribution is 2.22. The number of methoxy groups -OCH3 is 1. The molecule has 6 nitrogen and oxygen atoms in total. The lowest BCUT2D eigenvalue weighted by Gasteiger charge is -2.04. The minimum Gasteiger partial charge on any atom is -0.465 e. The number of hydrogen-bond donors (Lipinski definition) is 1. The number of para-hydroxylation sites is 1. The second kappa shape index (κ2) is 5.98. The highest BCUT2D eigenvalue weighted by Gasteiger charge is 2.12. The van der Waals surface area contributed by atoms with Crippen molar-refractivity contribution in [2.45, 2.75) is 6.54 Å². The van der Waals surface area contributed by atoms with Crippen LogP contribution >= 0.6 is 11.3 Å². The van der Waals surface area contributed by atoms with E-state index < -0.39 is 5.97 Å². The summed E-state index contributed by atoms with van der Waals surface area (Å²) in [6.07, 6.45) is 1.73. The fraction of sp³-hybridized carbons (Fsp3) is 0.133. The molecule has 7 heteroatoms. The standard InChI is InChI=1S/C15H13N3O3S/c1-21-15(20)12-6-7-14(22-12)17-13(19)9-18-11-5-3-2-4-10(11)8-16-18/h2-8H,9H2,1H3,(H,17,19). The average molecular weight is 315 g/mol. The van der Waals surface area contributed by atoms with Gasteiger partial charge in [0.25, 0.3) is 0 Å². The molecule has 1 amide bonds. The number of anilines is 1. The number of hydrogen-bond acceptors (Lipinski definition) is 5. The van der Waals surface area contributed by atoms with Crippen molar-refractivity contribution < 1.29 is 14.3 Å². The summed E-state index contributed by atoms with van der Waals surface area (Å²) in [6.45, 7) is 0.110. The van der Waals surface area contributed by atoms with Gasteiger partial charge in [0.15, 0.2) is 0 Å². The number of ether oxygens (including phenoxy) is 1. The Kier molecular flexibility index (Phi) is 3.88. The van der Waals surface area contributed by atoms with E-state index in [2.05, 4.69) is 15.2 Å². The number of nitrogens with zero attached hydrogens (tertiary/aromatic N) is 2. The van der Waals surface area contributed by atoms with Crippen molar-refractivity contribution >= 4 is 39.1 Å². The monoisotopic (exact) mass is 315 g/mol. The van der Waals surface area contributed by atoms with E-state index in [4.69, 9.17) is 0 Å². The van der Waals surface area contributed by atoms with Crippen LogP contribution in [0.1, 0.15) is 9.67 Å². The van der Waals surface area contributed by atoms with Gasteiger partial charge in [0.2, 0.25) is 5.91 Å². The van der Waals surface area contributed by atoms with E-state index >= 15 is 0 Å². The van der Waals surface area contributed by atoms with Crippen LogP contribution in [0.25, 0.3) is 10.9 Å². The first-order chi connectivity index (χ1) is 10.7. The zero-order valence-corrected chi connectivity index (χ0v) is 12.6. The Hall–Kier alpha value is -2.67. The highest BCUT2D eigenvalue weighted by atomic mass is 32.1. The first-order valence-corrected chi connectivity index (χ1v) is 7.37. The maximum Gasteiger partial charge on any atom is 0.348 e. The molecule has 0 aliphatic rings. The predicted octanol–water partition coefficient (Wildman–Crippen LogP) is 2.52. The Bertz CT molecular complexity index is 837. The second-order valence-electron chi connectivity index (χ2n) is 4.56. The molecule has 1 N–H and O–H groups in total. The fourth-order valence-electron chi connectivity index (χ4n) is 2.08. The summed E-state index contributed by atoms with van der Waals surface area (Å²) >= 11 is 1.17. The first kappa shape index (κ1) is 14.3. The second-order valence-corrected chi connectivity index (χ2v) is 5.65.